The maximum Gasteiger partial charge on any atom is 0.0575 e. The number of allylic oxidation sites excluding steroid dienone is 2. The predicted octanol–water partition coefficient (Wildman–Crippen LogP) is 7.30. The van der Waals surface area contributed by atoms with E-state index in [0.717, 1.165) is 24.4 Å². The van der Waals surface area contributed by atoms with Crippen LogP contribution in [0.1, 0.15) is 104 Å². The van der Waals surface area contributed by atoms with Crippen LogP contribution in [0.25, 0.3) is 0 Å². The predicted molar refractivity (Wildman–Crippen MR) is 105 cm³/mol. The molecule has 0 radical (unpaired) electrons. The van der Waals surface area contributed by atoms with Crippen molar-refractivity contribution in [1.82, 2.24) is 0 Å². The summed E-state index contributed by atoms with van der Waals surface area (Å²) in [6.07, 6.45) is 24.9. The Kier molecular flexibility index (Phi) is 10.1. The number of hydrogen-bond donors (Lipinski definition) is 0. The molecule has 0 bridgehead atoms. The molecule has 0 saturated heterocycles. The summed E-state index contributed by atoms with van der Waals surface area (Å²) >= 11 is 0. The molecule has 1 heteroatoms. The van der Waals surface area contributed by atoms with Crippen LogP contribution in [0, 0.1) is 17.8 Å². The first-order valence-corrected chi connectivity index (χ1v) is 11.1. The van der Waals surface area contributed by atoms with Crippen molar-refractivity contribution in [3.63, 3.8) is 0 Å². The van der Waals surface area contributed by atoms with E-state index in [-0.39, 0.29) is 0 Å². The molecule has 2 fully saturated rings. The molecule has 0 N–H and O–H groups in total. The van der Waals surface area contributed by atoms with Crippen LogP contribution in [0.2, 0.25) is 0 Å². The Morgan fingerprint density at radius 2 is 1.42 bits per heavy atom. The quantitative estimate of drug-likeness (QED) is 0.301. The number of hydrogen-bond acceptors (Lipinski definition) is 1. The number of ether oxygens (including phenoxy) is 1. The van der Waals surface area contributed by atoms with Crippen LogP contribution in [0.3, 0.4) is 0 Å². The van der Waals surface area contributed by atoms with E-state index in [2.05, 4.69) is 26.0 Å². The average molecular weight is 335 g/mol. The van der Waals surface area contributed by atoms with E-state index in [4.69, 9.17) is 4.74 Å². The van der Waals surface area contributed by atoms with Crippen LogP contribution in [0.5, 0.6) is 0 Å². The van der Waals surface area contributed by atoms with Crippen molar-refractivity contribution in [2.24, 2.45) is 17.8 Å². The Hall–Kier alpha value is -0.300. The van der Waals surface area contributed by atoms with E-state index in [1.165, 1.54) is 89.9 Å². The van der Waals surface area contributed by atoms with Gasteiger partial charge in [-0.05, 0) is 82.5 Å². The average Bonchev–Trinajstić information content (AvgIpc) is 2.62. The first-order valence-electron chi connectivity index (χ1n) is 11.1. The SMILES string of the molecule is CC=C[C@H]1CC[C@H](CC[C@H]2CC[C@H](OCCCCCC)CC2)CC1. The van der Waals surface area contributed by atoms with Crippen molar-refractivity contribution in [1.29, 1.82) is 0 Å². The second-order valence-electron chi connectivity index (χ2n) is 8.46. The molecule has 0 aromatic heterocycles. The molecule has 0 unspecified atom stereocenters. The van der Waals surface area contributed by atoms with E-state index >= 15 is 0 Å². The Bertz CT molecular complexity index is 319. The van der Waals surface area contributed by atoms with Gasteiger partial charge in [-0.25, -0.2) is 0 Å². The zero-order valence-corrected chi connectivity index (χ0v) is 16.5. The molecule has 0 aliphatic heterocycles. The fourth-order valence-electron chi connectivity index (χ4n) is 4.78. The Balaban J connectivity index is 1.49. The molecule has 2 saturated carbocycles. The van der Waals surface area contributed by atoms with Gasteiger partial charge < -0.3 is 4.74 Å². The summed E-state index contributed by atoms with van der Waals surface area (Å²) in [6, 6.07) is 0. The molecule has 0 heterocycles. The summed E-state index contributed by atoms with van der Waals surface area (Å²) < 4.78 is 6.10. The Labute approximate surface area is 151 Å². The molecule has 2 rings (SSSR count). The van der Waals surface area contributed by atoms with Gasteiger partial charge in [-0.15, -0.1) is 0 Å². The van der Waals surface area contributed by atoms with Crippen LogP contribution in [0.4, 0.5) is 0 Å². The van der Waals surface area contributed by atoms with Gasteiger partial charge in [0.25, 0.3) is 0 Å². The third kappa shape index (κ3) is 7.72. The fourth-order valence-corrected chi connectivity index (χ4v) is 4.78. The van der Waals surface area contributed by atoms with E-state index in [0.29, 0.717) is 6.10 Å². The molecule has 24 heavy (non-hydrogen) atoms. The lowest BCUT2D eigenvalue weighted by Gasteiger charge is -2.31. The Morgan fingerprint density at radius 3 is 2.00 bits per heavy atom. The first-order chi connectivity index (χ1) is 11.8. The molecule has 2 aliphatic rings. The van der Waals surface area contributed by atoms with Crippen molar-refractivity contribution >= 4 is 0 Å². The third-order valence-corrected chi connectivity index (χ3v) is 6.48. The maximum atomic E-state index is 6.10. The van der Waals surface area contributed by atoms with Crippen LogP contribution in [-0.2, 0) is 4.74 Å². The molecular weight excluding hydrogens is 292 g/mol. The highest BCUT2D eigenvalue weighted by atomic mass is 16.5. The molecule has 1 nitrogen and oxygen atoms in total. The molecular formula is C23H42O. The summed E-state index contributed by atoms with van der Waals surface area (Å²) in [5.41, 5.74) is 0. The largest absolute Gasteiger partial charge is 0.378 e. The van der Waals surface area contributed by atoms with E-state index in [9.17, 15) is 0 Å². The van der Waals surface area contributed by atoms with Gasteiger partial charge in [-0.1, -0.05) is 51.2 Å². The van der Waals surface area contributed by atoms with Gasteiger partial charge in [0.1, 0.15) is 0 Å². The van der Waals surface area contributed by atoms with Gasteiger partial charge in [0.15, 0.2) is 0 Å². The van der Waals surface area contributed by atoms with Crippen molar-refractivity contribution < 1.29 is 4.74 Å². The second kappa shape index (κ2) is 12.1. The van der Waals surface area contributed by atoms with Gasteiger partial charge in [0, 0.05) is 6.61 Å². The minimum atomic E-state index is 0.583. The van der Waals surface area contributed by atoms with Gasteiger partial charge in [-0.3, -0.25) is 0 Å². The third-order valence-electron chi connectivity index (χ3n) is 6.48. The summed E-state index contributed by atoms with van der Waals surface area (Å²) in [5.74, 6) is 2.91. The molecule has 2 aliphatic carbocycles. The lowest BCUT2D eigenvalue weighted by Crippen LogP contribution is -2.23. The van der Waals surface area contributed by atoms with E-state index in [1.807, 2.05) is 0 Å². The minimum absolute atomic E-state index is 0.583. The maximum absolute atomic E-state index is 6.10. The number of rotatable bonds is 10. The number of unbranched alkanes of at least 4 members (excludes halogenated alkanes) is 3. The lowest BCUT2D eigenvalue weighted by molar-refractivity contribution is 0.0145. The van der Waals surface area contributed by atoms with Crippen LogP contribution in [-0.4, -0.2) is 12.7 Å². The highest BCUT2D eigenvalue weighted by Crippen LogP contribution is 2.36. The monoisotopic (exact) mass is 334 g/mol. The smallest absolute Gasteiger partial charge is 0.0575 e. The summed E-state index contributed by atoms with van der Waals surface area (Å²) in [4.78, 5) is 0. The van der Waals surface area contributed by atoms with Crippen LogP contribution < -0.4 is 0 Å². The highest BCUT2D eigenvalue weighted by molar-refractivity contribution is 4.89. The van der Waals surface area contributed by atoms with Gasteiger partial charge in [0.2, 0.25) is 0 Å². The lowest BCUT2D eigenvalue weighted by atomic mass is 9.77. The van der Waals surface area contributed by atoms with Gasteiger partial charge >= 0.3 is 0 Å². The first kappa shape index (κ1) is 20.0. The summed E-state index contributed by atoms with van der Waals surface area (Å²) in [6.45, 7) is 5.44. The Morgan fingerprint density at radius 1 is 0.792 bits per heavy atom. The standard InChI is InChI=1S/C23H42O/c1-3-5-6-7-19-24-23-17-15-22(16-18-23)14-13-21-11-9-20(8-4-2)10-12-21/h4,8,20-23H,3,5-7,9-19H2,1-2H3/t20-,21-,22-,23-. The van der Waals surface area contributed by atoms with Crippen LogP contribution in [0.15, 0.2) is 12.2 Å². The molecule has 0 aromatic carbocycles. The van der Waals surface area contributed by atoms with Crippen molar-refractivity contribution in [3.05, 3.63) is 12.2 Å². The summed E-state index contributed by atoms with van der Waals surface area (Å²) in [7, 11) is 0. The zero-order valence-electron chi connectivity index (χ0n) is 16.5. The van der Waals surface area contributed by atoms with Crippen molar-refractivity contribution in [2.45, 2.75) is 110 Å². The molecule has 140 valence electrons. The highest BCUT2D eigenvalue weighted by Gasteiger charge is 2.24. The fraction of sp³-hybridized carbons (Fsp3) is 0.913. The van der Waals surface area contributed by atoms with E-state index < -0.39 is 0 Å². The molecule has 0 aromatic rings. The van der Waals surface area contributed by atoms with Crippen molar-refractivity contribution in [3.8, 4) is 0 Å². The zero-order chi connectivity index (χ0) is 17.0. The molecule has 0 atom stereocenters. The van der Waals surface area contributed by atoms with Gasteiger partial charge in [-0.2, -0.15) is 0 Å². The normalized spacial score (nSPS) is 31.6. The topological polar surface area (TPSA) is 9.23 Å². The van der Waals surface area contributed by atoms with Crippen molar-refractivity contribution in [2.75, 3.05) is 6.61 Å². The second-order valence-corrected chi connectivity index (χ2v) is 8.46. The summed E-state index contributed by atoms with van der Waals surface area (Å²) in [5, 5.41) is 0. The van der Waals surface area contributed by atoms with E-state index in [1.54, 1.807) is 0 Å². The minimum Gasteiger partial charge on any atom is -0.378 e. The molecule has 0 amide bonds. The van der Waals surface area contributed by atoms with Crippen LogP contribution >= 0.6 is 0 Å². The van der Waals surface area contributed by atoms with Gasteiger partial charge in [0.05, 0.1) is 6.10 Å². The molecule has 0 spiro atoms.